The standard InChI is InChI=1S/C48H33N2/c1-2-49-30-33-15-4-12-25-45(33)50(49)34-17-13-16-32(28-34)41-29-44-46(39-22-7-6-19-36(39)41)40-27-26-31-14-3-5-18-35(31)47(40)48(44)42-23-10-8-20-37(42)38-21-9-11-24-43(38)48/h3-30H,2H2,1H3/q+1. The fourth-order valence-corrected chi connectivity index (χ4v) is 9.48. The van der Waals surface area contributed by atoms with Crippen LogP contribution in [0.1, 0.15) is 29.2 Å². The van der Waals surface area contributed by atoms with Crippen LogP contribution in [0, 0.1) is 0 Å². The number of hydrogen-bond acceptors (Lipinski definition) is 0. The van der Waals surface area contributed by atoms with E-state index in [-0.39, 0.29) is 0 Å². The first-order valence-electron chi connectivity index (χ1n) is 17.7. The molecule has 0 aliphatic heterocycles. The SMILES string of the molecule is CC[n+]1cc2ccccc2n1-c1cccc(-c2cc3c(c4ccccc24)-c2ccc4ccccc4c2C32c3ccccc3-c3ccccc32)c1. The second-order valence-electron chi connectivity index (χ2n) is 13.7. The molecular weight excluding hydrogens is 605 g/mol. The van der Waals surface area contributed by atoms with Gasteiger partial charge in [-0.2, -0.15) is 0 Å². The number of hydrogen-bond donors (Lipinski definition) is 0. The fourth-order valence-electron chi connectivity index (χ4n) is 9.48. The monoisotopic (exact) mass is 637 g/mol. The van der Waals surface area contributed by atoms with Gasteiger partial charge in [0.05, 0.1) is 10.8 Å². The van der Waals surface area contributed by atoms with E-state index < -0.39 is 5.41 Å². The van der Waals surface area contributed by atoms with E-state index in [1.807, 2.05) is 0 Å². The van der Waals surface area contributed by atoms with Crippen LogP contribution in [0.15, 0.2) is 170 Å². The summed E-state index contributed by atoms with van der Waals surface area (Å²) in [6.45, 7) is 3.10. The summed E-state index contributed by atoms with van der Waals surface area (Å²) in [5.74, 6) is 0. The third-order valence-electron chi connectivity index (χ3n) is 11.4. The van der Waals surface area contributed by atoms with E-state index in [2.05, 4.69) is 186 Å². The Morgan fingerprint density at radius 3 is 1.94 bits per heavy atom. The molecule has 50 heavy (non-hydrogen) atoms. The number of benzene rings is 8. The molecule has 0 saturated heterocycles. The van der Waals surface area contributed by atoms with Crippen molar-refractivity contribution in [2.24, 2.45) is 0 Å². The van der Waals surface area contributed by atoms with Gasteiger partial charge < -0.3 is 0 Å². The highest BCUT2D eigenvalue weighted by molar-refractivity contribution is 6.14. The van der Waals surface area contributed by atoms with Crippen molar-refractivity contribution in [3.8, 4) is 39.1 Å². The minimum Gasteiger partial charge on any atom is -0.121 e. The number of rotatable bonds is 3. The molecule has 0 N–H and O–H groups in total. The van der Waals surface area contributed by atoms with Crippen molar-refractivity contribution in [1.82, 2.24) is 4.68 Å². The Hall–Kier alpha value is -6.25. The Bertz CT molecular complexity index is 2830. The van der Waals surface area contributed by atoms with Crippen LogP contribution in [-0.4, -0.2) is 4.68 Å². The highest BCUT2D eigenvalue weighted by Crippen LogP contribution is 2.65. The van der Waals surface area contributed by atoms with Gasteiger partial charge in [0.2, 0.25) is 6.20 Å². The molecule has 9 aromatic rings. The second kappa shape index (κ2) is 10.1. The van der Waals surface area contributed by atoms with Gasteiger partial charge in [0.1, 0.15) is 11.2 Å². The molecule has 1 aromatic heterocycles. The molecule has 2 aliphatic carbocycles. The van der Waals surface area contributed by atoms with Gasteiger partial charge in [-0.15, -0.1) is 9.36 Å². The summed E-state index contributed by atoms with van der Waals surface area (Å²) in [5, 5.41) is 6.42. The summed E-state index contributed by atoms with van der Waals surface area (Å²) in [6.07, 6.45) is 2.26. The van der Waals surface area contributed by atoms with Crippen molar-refractivity contribution in [3.63, 3.8) is 0 Å². The summed E-state index contributed by atoms with van der Waals surface area (Å²) in [4.78, 5) is 0. The van der Waals surface area contributed by atoms with E-state index in [0.717, 1.165) is 12.2 Å². The van der Waals surface area contributed by atoms with Gasteiger partial charge in [-0.3, -0.25) is 0 Å². The molecule has 0 unspecified atom stereocenters. The third kappa shape index (κ3) is 3.45. The summed E-state index contributed by atoms with van der Waals surface area (Å²) in [5.41, 5.74) is 15.3. The van der Waals surface area contributed by atoms with E-state index in [4.69, 9.17) is 0 Å². The van der Waals surface area contributed by atoms with E-state index in [9.17, 15) is 0 Å². The van der Waals surface area contributed by atoms with Crippen molar-refractivity contribution >= 4 is 32.4 Å². The topological polar surface area (TPSA) is 8.81 Å². The zero-order valence-corrected chi connectivity index (χ0v) is 27.8. The van der Waals surface area contributed by atoms with Gasteiger partial charge in [0.25, 0.3) is 0 Å². The highest BCUT2D eigenvalue weighted by atomic mass is 15.4. The fraction of sp³-hybridized carbons (Fsp3) is 0.0625. The van der Waals surface area contributed by atoms with Crippen molar-refractivity contribution in [2.45, 2.75) is 18.9 Å². The van der Waals surface area contributed by atoms with Crippen LogP contribution < -0.4 is 4.68 Å². The Morgan fingerprint density at radius 2 is 1.16 bits per heavy atom. The van der Waals surface area contributed by atoms with Gasteiger partial charge in [0.15, 0.2) is 6.54 Å². The van der Waals surface area contributed by atoms with E-state index in [1.54, 1.807) is 0 Å². The van der Waals surface area contributed by atoms with E-state index in [1.165, 1.54) is 88.1 Å². The highest BCUT2D eigenvalue weighted by Gasteiger charge is 2.53. The Balaban J connectivity index is 1.27. The lowest BCUT2D eigenvalue weighted by atomic mass is 9.69. The number of para-hydroxylation sites is 1. The van der Waals surface area contributed by atoms with Crippen molar-refractivity contribution in [2.75, 3.05) is 0 Å². The van der Waals surface area contributed by atoms with Crippen LogP contribution >= 0.6 is 0 Å². The largest absolute Gasteiger partial charge is 0.203 e. The van der Waals surface area contributed by atoms with E-state index in [0.29, 0.717) is 0 Å². The minimum absolute atomic E-state index is 0.447. The van der Waals surface area contributed by atoms with Crippen LogP contribution in [0.25, 0.3) is 71.5 Å². The Kier molecular flexibility index (Phi) is 5.61. The molecule has 1 heterocycles. The van der Waals surface area contributed by atoms with Gasteiger partial charge in [-0.05, 0) is 114 Å². The molecule has 8 aromatic carbocycles. The zero-order valence-electron chi connectivity index (χ0n) is 27.8. The summed E-state index contributed by atoms with van der Waals surface area (Å²) >= 11 is 0. The second-order valence-corrected chi connectivity index (χ2v) is 13.7. The lowest BCUT2D eigenvalue weighted by Gasteiger charge is -2.32. The number of aryl methyl sites for hydroxylation is 1. The summed E-state index contributed by atoms with van der Waals surface area (Å²) < 4.78 is 4.68. The lowest BCUT2D eigenvalue weighted by Crippen LogP contribution is -2.40. The average molecular weight is 638 g/mol. The van der Waals surface area contributed by atoms with Crippen LogP contribution in [0.2, 0.25) is 0 Å². The van der Waals surface area contributed by atoms with Crippen LogP contribution in [0.3, 0.4) is 0 Å². The predicted octanol–water partition coefficient (Wildman–Crippen LogP) is 11.3. The predicted molar refractivity (Wildman–Crippen MR) is 206 cm³/mol. The molecule has 2 heteroatoms. The molecule has 2 nitrogen and oxygen atoms in total. The van der Waals surface area contributed by atoms with Gasteiger partial charge in [-0.25, -0.2) is 0 Å². The molecule has 0 fully saturated rings. The first kappa shape index (κ1) is 27.7. The molecule has 0 radical (unpaired) electrons. The first-order valence-corrected chi connectivity index (χ1v) is 17.7. The van der Waals surface area contributed by atoms with Crippen molar-refractivity contribution in [1.29, 1.82) is 0 Å². The minimum atomic E-state index is -0.447. The Labute approximate surface area is 291 Å². The van der Waals surface area contributed by atoms with Gasteiger partial charge in [-0.1, -0.05) is 133 Å². The van der Waals surface area contributed by atoms with Gasteiger partial charge >= 0.3 is 0 Å². The quantitative estimate of drug-likeness (QED) is 0.171. The maximum atomic E-state index is 2.55. The van der Waals surface area contributed by atoms with Crippen molar-refractivity contribution in [3.05, 3.63) is 192 Å². The van der Waals surface area contributed by atoms with Gasteiger partial charge in [0, 0.05) is 0 Å². The zero-order chi connectivity index (χ0) is 33.0. The summed E-state index contributed by atoms with van der Waals surface area (Å²) in [7, 11) is 0. The van der Waals surface area contributed by atoms with E-state index >= 15 is 0 Å². The maximum absolute atomic E-state index is 2.55. The molecule has 0 atom stereocenters. The maximum Gasteiger partial charge on any atom is 0.203 e. The Morgan fingerprint density at radius 1 is 0.500 bits per heavy atom. The van der Waals surface area contributed by atoms with Crippen LogP contribution in [-0.2, 0) is 12.0 Å². The molecule has 11 rings (SSSR count). The normalized spacial score (nSPS) is 13.5. The van der Waals surface area contributed by atoms with Crippen LogP contribution in [0.4, 0.5) is 0 Å². The lowest BCUT2D eigenvalue weighted by molar-refractivity contribution is -0.761. The molecule has 1 spiro atoms. The molecule has 0 amide bonds. The molecule has 0 bridgehead atoms. The van der Waals surface area contributed by atoms with Crippen LogP contribution in [0.5, 0.6) is 0 Å². The smallest absolute Gasteiger partial charge is 0.121 e. The molecular formula is C48H33N2+. The number of aromatic nitrogens is 2. The molecule has 2 aliphatic rings. The number of nitrogens with zero attached hydrogens (tertiary/aromatic N) is 2. The number of fused-ring (bicyclic) bond motifs is 15. The molecule has 234 valence electrons. The summed E-state index contributed by atoms with van der Waals surface area (Å²) in [6, 6.07) is 61.4. The third-order valence-corrected chi connectivity index (χ3v) is 11.4. The average Bonchev–Trinajstić information content (AvgIpc) is 3.82. The molecule has 0 saturated carbocycles. The first-order chi connectivity index (χ1) is 24.8. The van der Waals surface area contributed by atoms with Crippen molar-refractivity contribution < 1.29 is 4.68 Å².